The largest absolute Gasteiger partial charge is 1.00 e. The number of piperazine rings is 6. The van der Waals surface area contributed by atoms with E-state index in [2.05, 4.69) is 29.2 Å². The van der Waals surface area contributed by atoms with Gasteiger partial charge in [0.2, 0.25) is 0 Å². The van der Waals surface area contributed by atoms with E-state index in [-0.39, 0.29) is 42.5 Å². The van der Waals surface area contributed by atoms with Gasteiger partial charge in [-0.15, -0.1) is 0 Å². The van der Waals surface area contributed by atoms with Gasteiger partial charge < -0.3 is 63.8 Å². The second-order valence-electron chi connectivity index (χ2n) is 23.5. The van der Waals surface area contributed by atoms with E-state index in [1.807, 2.05) is 51.1 Å². The zero-order chi connectivity index (χ0) is 59.3. The Bertz CT molecular complexity index is 2800. The number of alkyl halides is 6. The Morgan fingerprint density at radius 1 is 0.878 bits per heavy atom. The summed E-state index contributed by atoms with van der Waals surface area (Å²) in [6.45, 7) is 26.4. The number of fused-ring (bicyclic) bond motifs is 6. The van der Waals surface area contributed by atoms with Crippen LogP contribution in [0.3, 0.4) is 0 Å². The number of nitrogens with zero attached hydrogens (tertiary/aromatic N) is 4. The first-order valence-electron chi connectivity index (χ1n) is 27.4. The van der Waals surface area contributed by atoms with Crippen LogP contribution >= 0.6 is 0 Å². The first-order valence-corrected chi connectivity index (χ1v) is 30.2. The summed E-state index contributed by atoms with van der Waals surface area (Å²) < 4.78 is 153. The van der Waals surface area contributed by atoms with Gasteiger partial charge in [-0.3, -0.25) is 4.90 Å². The predicted octanol–water partition coefficient (Wildman–Crippen LogP) is 1.31. The molecular weight excluding hydrogens is 1160 g/mol. The highest BCUT2D eigenvalue weighted by Crippen LogP contribution is 2.61. The molecule has 8 bridgehead atoms. The number of carbonyl (C=O) groups excluding carboxylic acids is 3. The molecule has 1 unspecified atom stereocenters. The molecule has 0 aromatic heterocycles. The number of cyclic esters (lactones) is 1. The predicted molar refractivity (Wildman–Crippen MR) is 274 cm³/mol. The molecule has 460 valence electrons. The van der Waals surface area contributed by atoms with E-state index in [9.17, 15) is 45.8 Å². The van der Waals surface area contributed by atoms with Crippen LogP contribution in [0.5, 0.6) is 0 Å². The lowest BCUT2D eigenvalue weighted by molar-refractivity contribution is -1.09. The van der Waals surface area contributed by atoms with E-state index in [4.69, 9.17) is 49.6 Å². The monoisotopic (exact) mass is 1230 g/mol. The van der Waals surface area contributed by atoms with E-state index in [1.165, 1.54) is 114 Å². The van der Waals surface area contributed by atoms with Crippen LogP contribution in [0.25, 0.3) is 0 Å². The van der Waals surface area contributed by atoms with Crippen LogP contribution in [0.1, 0.15) is 62.9 Å². The highest BCUT2D eigenvalue weighted by molar-refractivity contribution is 7.86. The zero-order valence-electron chi connectivity index (χ0n) is 46.3. The van der Waals surface area contributed by atoms with Crippen LogP contribution in [-0.4, -0.2) is 219 Å². The van der Waals surface area contributed by atoms with E-state index in [0.717, 1.165) is 22.2 Å². The second kappa shape index (κ2) is 24.8. The van der Waals surface area contributed by atoms with Crippen molar-refractivity contribution in [3.05, 3.63) is 83.0 Å². The summed E-state index contributed by atoms with van der Waals surface area (Å²) in [7, 11) is -10.7. The molecule has 12 atom stereocenters. The van der Waals surface area contributed by atoms with Crippen LogP contribution in [0, 0.1) is 29.6 Å². The molecule has 0 amide bonds. The first kappa shape index (κ1) is 65.5. The van der Waals surface area contributed by atoms with Gasteiger partial charge in [-0.05, 0) is 44.4 Å². The molecule has 28 heteroatoms. The molecule has 1 spiro atoms. The Hall–Kier alpha value is -4.00. The summed E-state index contributed by atoms with van der Waals surface area (Å²) in [5, 5.41) is 12.1. The third-order valence-electron chi connectivity index (χ3n) is 18.8. The quantitative estimate of drug-likeness (QED) is 0.0591. The number of aliphatic hydroxyl groups excluding tert-OH is 1. The lowest BCUT2D eigenvalue weighted by Gasteiger charge is -2.56. The number of aliphatic hydroxyl groups is 1. The minimum Gasteiger partial charge on any atom is -1.00 e. The third-order valence-corrected chi connectivity index (χ3v) is 19.9. The van der Waals surface area contributed by atoms with Crippen molar-refractivity contribution < 1.29 is 121 Å². The number of carbonyl (C=O) groups is 3. The van der Waals surface area contributed by atoms with Gasteiger partial charge >= 0.3 is 28.9 Å². The smallest absolute Gasteiger partial charge is 0.485 e. The van der Waals surface area contributed by atoms with Crippen molar-refractivity contribution in [2.75, 3.05) is 98.7 Å². The average Bonchev–Trinajstić information content (AvgIpc) is 1.61. The summed E-state index contributed by atoms with van der Waals surface area (Å²) in [6.07, 6.45) is 9.28. The van der Waals surface area contributed by atoms with Crippen molar-refractivity contribution in [2.45, 2.75) is 107 Å². The highest BCUT2D eigenvalue weighted by Gasteiger charge is 2.69. The minimum absolute atomic E-state index is 0. The van der Waals surface area contributed by atoms with Gasteiger partial charge in [-0.1, -0.05) is 62.4 Å². The molecule has 11 aliphatic rings. The lowest BCUT2D eigenvalue weighted by Crippen LogP contribution is -3.00. The fraction of sp³-hybridized carbons (Fsp3) is 0.685. The molecular formula is C54H73ClF6N4O15S2. The minimum atomic E-state index is -6.09. The van der Waals surface area contributed by atoms with Gasteiger partial charge in [0, 0.05) is 73.9 Å². The number of quaternary nitrogens is 3. The molecule has 1 saturated carbocycles. The number of benzene rings is 1. The average molecular weight is 1230 g/mol. The molecule has 3 aliphatic carbocycles. The fourth-order valence-electron chi connectivity index (χ4n) is 14.1. The Morgan fingerprint density at radius 3 is 1.98 bits per heavy atom. The van der Waals surface area contributed by atoms with Crippen molar-refractivity contribution in [1.82, 2.24) is 4.90 Å². The number of ether oxygens (including phenoxy) is 5. The van der Waals surface area contributed by atoms with E-state index in [1.54, 1.807) is 13.0 Å². The molecule has 8 fully saturated rings. The summed E-state index contributed by atoms with van der Waals surface area (Å²) in [5.41, 5.74) is -9.18. The fourth-order valence-corrected chi connectivity index (χ4v) is 14.1. The Labute approximate surface area is 480 Å². The van der Waals surface area contributed by atoms with Crippen LogP contribution in [0.2, 0.25) is 0 Å². The Morgan fingerprint density at radius 2 is 1.44 bits per heavy atom. The van der Waals surface area contributed by atoms with Gasteiger partial charge in [-0.25, -0.2) is 31.2 Å². The molecule has 1 aromatic carbocycles. The van der Waals surface area contributed by atoms with Crippen LogP contribution in [0.15, 0.2) is 71.9 Å². The van der Waals surface area contributed by atoms with Gasteiger partial charge in [0.15, 0.2) is 26.3 Å². The number of halogens is 7. The summed E-state index contributed by atoms with van der Waals surface area (Å²) in [5.74, 6) is -3.06. The normalized spacial score (nSPS) is 37.4. The van der Waals surface area contributed by atoms with Gasteiger partial charge in [-0.2, -0.15) is 26.3 Å². The molecule has 82 heavy (non-hydrogen) atoms. The maximum absolute atomic E-state index is 14.0. The van der Waals surface area contributed by atoms with Crippen molar-refractivity contribution in [1.29, 1.82) is 0 Å². The number of methoxy groups -OCH3 is 1. The zero-order valence-corrected chi connectivity index (χ0v) is 48.7. The van der Waals surface area contributed by atoms with Crippen LogP contribution in [-0.2, 0) is 60.1 Å². The van der Waals surface area contributed by atoms with E-state index >= 15 is 0 Å². The lowest BCUT2D eigenvalue weighted by atomic mass is 9.57. The van der Waals surface area contributed by atoms with Gasteiger partial charge in [0.05, 0.1) is 44.4 Å². The third kappa shape index (κ3) is 13.6. The highest BCUT2D eigenvalue weighted by atomic mass is 35.5. The molecule has 8 heterocycles. The topological polar surface area (TPSA) is 235 Å². The Balaban J connectivity index is 0.000000500. The summed E-state index contributed by atoms with van der Waals surface area (Å²) in [6, 6.07) is 7.91. The SMILES string of the molecule is CO[C@H]1CC2C=C[C@H]3[C@H]4O[C@]2(/C(C)=C/[C@@H](C)[C@@H]([C@@H](C)OC(=O)c2cccc(C[N+]56CC[N+](CCC[N+]78CCN(CC7)CC8)(CC5)CC6)c2)OC1=O)[C@@H]3[C@H](O)[C@@H](C)[C@H]4OC(=O)C1=CC=CC1.O=S(=O)([O-])C(F)(F)F.O=S(=O)([O-])C(F)(F)F.[Cl-]. The number of allylic oxidation sites excluding steroid dienone is 3. The van der Waals surface area contributed by atoms with Gasteiger partial charge in [0.25, 0.3) is 0 Å². The van der Waals surface area contributed by atoms with Crippen molar-refractivity contribution in [2.24, 2.45) is 29.6 Å². The number of hydrogen-bond donors (Lipinski definition) is 1. The number of hydrogen-bond acceptors (Lipinski definition) is 16. The molecule has 12 rings (SSSR count). The molecule has 7 saturated heterocycles. The Kier molecular flexibility index (Phi) is 19.8. The number of rotatable bonds is 12. The van der Waals surface area contributed by atoms with Crippen molar-refractivity contribution in [3.63, 3.8) is 0 Å². The standard InChI is InChI=1S/C52H73N4O9.2CHF3O3S.ClH/c1-34-30-35(2)52-41(14-15-42-44(52)45(57)36(3)47(48(42)65-52)64-49(58)39-11-6-7-12-39)32-43(61-5)51(60)63-46(34)37(4)62-50(59)40-13-8-10-38(31-40)33-56-27-24-55(25-28-56,26-29-56)20-9-19-54-21-16-53(17-22-54)18-23-54;2*2-1(3,4)8(5,6)7;/h6-8,10-11,13-15,30-31,34,36-37,41-48,57H,9,12,16-29,32-33H2,1-5H3;2*(H,5,6,7);1H/q+3;;;/p-3/b35-30+;;;/t34-,36-,37-,41?,42-,43+,44+,45-,46+,47-,48-,52+,55?,56?;;;/m1.../s1. The van der Waals surface area contributed by atoms with E-state index in [0.29, 0.717) is 17.6 Å². The summed E-state index contributed by atoms with van der Waals surface area (Å²) >= 11 is 0. The maximum atomic E-state index is 14.0. The first-order chi connectivity index (χ1) is 37.8. The van der Waals surface area contributed by atoms with E-state index < -0.39 is 97.3 Å². The van der Waals surface area contributed by atoms with Crippen LogP contribution < -0.4 is 12.4 Å². The van der Waals surface area contributed by atoms with Gasteiger partial charge in [0.1, 0.15) is 75.8 Å². The van der Waals surface area contributed by atoms with Crippen molar-refractivity contribution in [3.8, 4) is 0 Å². The van der Waals surface area contributed by atoms with Crippen LogP contribution in [0.4, 0.5) is 26.3 Å². The molecule has 0 radical (unpaired) electrons. The summed E-state index contributed by atoms with van der Waals surface area (Å²) in [4.78, 5) is 44.0. The molecule has 19 nitrogen and oxygen atoms in total. The molecule has 8 aliphatic heterocycles. The number of esters is 3. The second-order valence-corrected chi connectivity index (χ2v) is 26.3. The van der Waals surface area contributed by atoms with Crippen molar-refractivity contribution >= 4 is 38.1 Å². The molecule has 1 N–H and O–H groups in total. The maximum Gasteiger partial charge on any atom is 0.485 e. The molecule has 1 aromatic rings.